The SMILES string of the molecule is NCCn1cc(C(=O)N2CCCC(CCC(=O)O)C2)nn1. The van der Waals surface area contributed by atoms with Crippen molar-refractivity contribution in [3.8, 4) is 0 Å². The van der Waals surface area contributed by atoms with Gasteiger partial charge in [-0.15, -0.1) is 5.10 Å². The Hall–Kier alpha value is -1.96. The fraction of sp³-hybridized carbons (Fsp3) is 0.692. The minimum absolute atomic E-state index is 0.140. The molecule has 2 heterocycles. The molecule has 0 spiro atoms. The summed E-state index contributed by atoms with van der Waals surface area (Å²) in [5.41, 5.74) is 5.75. The Bertz CT molecular complexity index is 502. The van der Waals surface area contributed by atoms with Crippen LogP contribution in [0.25, 0.3) is 0 Å². The summed E-state index contributed by atoms with van der Waals surface area (Å²) < 4.78 is 1.55. The number of carbonyl (C=O) groups is 2. The minimum atomic E-state index is -0.789. The lowest BCUT2D eigenvalue weighted by molar-refractivity contribution is -0.137. The molecule has 116 valence electrons. The van der Waals surface area contributed by atoms with Crippen molar-refractivity contribution in [3.05, 3.63) is 11.9 Å². The number of likely N-dealkylation sites (tertiary alicyclic amines) is 1. The van der Waals surface area contributed by atoms with Crippen molar-refractivity contribution < 1.29 is 14.7 Å². The van der Waals surface area contributed by atoms with Crippen LogP contribution in [0.15, 0.2) is 6.20 Å². The Kier molecular flexibility index (Phi) is 5.26. The second-order valence-electron chi connectivity index (χ2n) is 5.35. The van der Waals surface area contributed by atoms with Gasteiger partial charge in [-0.2, -0.15) is 0 Å². The Balaban J connectivity index is 1.93. The highest BCUT2D eigenvalue weighted by molar-refractivity contribution is 5.92. The van der Waals surface area contributed by atoms with Gasteiger partial charge in [0.25, 0.3) is 5.91 Å². The topological polar surface area (TPSA) is 114 Å². The predicted molar refractivity (Wildman–Crippen MR) is 74.6 cm³/mol. The number of carboxylic acids is 1. The fourth-order valence-electron chi connectivity index (χ4n) is 2.61. The third kappa shape index (κ3) is 4.25. The zero-order chi connectivity index (χ0) is 15.2. The summed E-state index contributed by atoms with van der Waals surface area (Å²) in [7, 11) is 0. The van der Waals surface area contributed by atoms with Crippen molar-refractivity contribution in [1.82, 2.24) is 19.9 Å². The number of carbonyl (C=O) groups excluding carboxylic acids is 1. The molecule has 1 aliphatic heterocycles. The summed E-state index contributed by atoms with van der Waals surface area (Å²) in [5, 5.41) is 16.5. The van der Waals surface area contributed by atoms with Crippen LogP contribution in [-0.4, -0.2) is 56.5 Å². The molecule has 21 heavy (non-hydrogen) atoms. The molecular formula is C13H21N5O3. The number of nitrogens with two attached hydrogens (primary N) is 1. The van der Waals surface area contributed by atoms with E-state index < -0.39 is 5.97 Å². The van der Waals surface area contributed by atoms with Gasteiger partial charge in [-0.3, -0.25) is 14.3 Å². The monoisotopic (exact) mass is 295 g/mol. The normalized spacial score (nSPS) is 18.7. The number of hydrogen-bond acceptors (Lipinski definition) is 5. The van der Waals surface area contributed by atoms with E-state index in [0.29, 0.717) is 38.3 Å². The van der Waals surface area contributed by atoms with E-state index in [1.165, 1.54) is 0 Å². The first-order valence-corrected chi connectivity index (χ1v) is 7.21. The zero-order valence-electron chi connectivity index (χ0n) is 11.9. The molecule has 1 fully saturated rings. The van der Waals surface area contributed by atoms with E-state index >= 15 is 0 Å². The lowest BCUT2D eigenvalue weighted by Crippen LogP contribution is -2.40. The molecular weight excluding hydrogens is 274 g/mol. The predicted octanol–water partition coefficient (Wildman–Crippen LogP) is -0.0462. The number of carboxylic acid groups (broad SMARTS) is 1. The van der Waals surface area contributed by atoms with Crippen molar-refractivity contribution in [2.75, 3.05) is 19.6 Å². The second kappa shape index (κ2) is 7.16. The van der Waals surface area contributed by atoms with Crippen LogP contribution in [0, 0.1) is 5.92 Å². The smallest absolute Gasteiger partial charge is 0.303 e. The lowest BCUT2D eigenvalue weighted by atomic mass is 9.93. The first-order chi connectivity index (χ1) is 10.1. The average molecular weight is 295 g/mol. The standard InChI is InChI=1S/C13H21N5O3/c14-5-7-18-9-11(15-16-18)13(21)17-6-1-2-10(8-17)3-4-12(19)20/h9-10H,1-8,14H2,(H,19,20). The van der Waals surface area contributed by atoms with Crippen LogP contribution in [0.2, 0.25) is 0 Å². The Labute approximate surface area is 122 Å². The van der Waals surface area contributed by atoms with Crippen molar-refractivity contribution in [1.29, 1.82) is 0 Å². The van der Waals surface area contributed by atoms with Crippen molar-refractivity contribution >= 4 is 11.9 Å². The number of piperidine rings is 1. The molecule has 8 nitrogen and oxygen atoms in total. The maximum absolute atomic E-state index is 12.4. The van der Waals surface area contributed by atoms with Gasteiger partial charge in [0.05, 0.1) is 12.7 Å². The van der Waals surface area contributed by atoms with Gasteiger partial charge in [0.1, 0.15) is 0 Å². The van der Waals surface area contributed by atoms with E-state index in [1.807, 2.05) is 0 Å². The minimum Gasteiger partial charge on any atom is -0.481 e. The molecule has 0 aromatic carbocycles. The summed E-state index contributed by atoms with van der Waals surface area (Å²) in [6.07, 6.45) is 4.23. The number of aromatic nitrogens is 3. The van der Waals surface area contributed by atoms with Gasteiger partial charge in [-0.1, -0.05) is 5.21 Å². The summed E-state index contributed by atoms with van der Waals surface area (Å²) in [5.74, 6) is -0.681. The highest BCUT2D eigenvalue weighted by atomic mass is 16.4. The molecule has 0 radical (unpaired) electrons. The number of rotatable bonds is 6. The molecule has 0 bridgehead atoms. The van der Waals surface area contributed by atoms with Gasteiger partial charge in [-0.25, -0.2) is 0 Å². The van der Waals surface area contributed by atoms with E-state index in [1.54, 1.807) is 15.8 Å². The molecule has 8 heteroatoms. The quantitative estimate of drug-likeness (QED) is 0.760. The Morgan fingerprint density at radius 2 is 2.29 bits per heavy atom. The maximum Gasteiger partial charge on any atom is 0.303 e. The third-order valence-corrected chi connectivity index (χ3v) is 3.69. The molecule has 1 atom stereocenters. The molecule has 0 aliphatic carbocycles. The van der Waals surface area contributed by atoms with E-state index in [0.717, 1.165) is 12.8 Å². The Morgan fingerprint density at radius 1 is 1.48 bits per heavy atom. The molecule has 1 amide bonds. The fourth-order valence-corrected chi connectivity index (χ4v) is 2.61. The highest BCUT2D eigenvalue weighted by Crippen LogP contribution is 2.22. The van der Waals surface area contributed by atoms with Gasteiger partial charge in [0.15, 0.2) is 5.69 Å². The van der Waals surface area contributed by atoms with E-state index in [4.69, 9.17) is 10.8 Å². The van der Waals surface area contributed by atoms with E-state index in [2.05, 4.69) is 10.3 Å². The van der Waals surface area contributed by atoms with Crippen LogP contribution in [0.1, 0.15) is 36.2 Å². The molecule has 0 saturated carbocycles. The second-order valence-corrected chi connectivity index (χ2v) is 5.35. The van der Waals surface area contributed by atoms with Crippen LogP contribution in [0.4, 0.5) is 0 Å². The van der Waals surface area contributed by atoms with Crippen LogP contribution in [-0.2, 0) is 11.3 Å². The highest BCUT2D eigenvalue weighted by Gasteiger charge is 2.26. The molecule has 3 N–H and O–H groups in total. The van der Waals surface area contributed by atoms with Crippen molar-refractivity contribution in [2.24, 2.45) is 11.7 Å². The summed E-state index contributed by atoms with van der Waals surface area (Å²) in [4.78, 5) is 24.7. The molecule has 1 saturated heterocycles. The number of amides is 1. The van der Waals surface area contributed by atoms with Crippen molar-refractivity contribution in [3.63, 3.8) is 0 Å². The van der Waals surface area contributed by atoms with Crippen LogP contribution >= 0.6 is 0 Å². The number of nitrogens with zero attached hydrogens (tertiary/aromatic N) is 4. The van der Waals surface area contributed by atoms with Crippen molar-refractivity contribution in [2.45, 2.75) is 32.2 Å². The van der Waals surface area contributed by atoms with E-state index in [9.17, 15) is 9.59 Å². The largest absolute Gasteiger partial charge is 0.481 e. The summed E-state index contributed by atoms with van der Waals surface area (Å²) in [6.45, 7) is 2.25. The first-order valence-electron chi connectivity index (χ1n) is 7.21. The zero-order valence-corrected chi connectivity index (χ0v) is 11.9. The van der Waals surface area contributed by atoms with Gasteiger partial charge in [0, 0.05) is 26.1 Å². The molecule has 1 aromatic rings. The molecule has 1 unspecified atom stereocenters. The molecule has 1 aliphatic rings. The van der Waals surface area contributed by atoms with Gasteiger partial charge >= 0.3 is 5.97 Å². The number of hydrogen-bond donors (Lipinski definition) is 2. The van der Waals surface area contributed by atoms with Gasteiger partial charge in [0.2, 0.25) is 0 Å². The average Bonchev–Trinajstić information content (AvgIpc) is 2.94. The molecule has 1 aromatic heterocycles. The molecule has 2 rings (SSSR count). The van der Waals surface area contributed by atoms with E-state index in [-0.39, 0.29) is 18.2 Å². The van der Waals surface area contributed by atoms with Crippen LogP contribution in [0.5, 0.6) is 0 Å². The Morgan fingerprint density at radius 3 is 3.00 bits per heavy atom. The lowest BCUT2D eigenvalue weighted by Gasteiger charge is -2.32. The van der Waals surface area contributed by atoms with Crippen LogP contribution in [0.3, 0.4) is 0 Å². The summed E-state index contributed by atoms with van der Waals surface area (Å²) in [6, 6.07) is 0. The first kappa shape index (κ1) is 15.4. The maximum atomic E-state index is 12.4. The third-order valence-electron chi connectivity index (χ3n) is 3.69. The summed E-state index contributed by atoms with van der Waals surface area (Å²) >= 11 is 0. The van der Waals surface area contributed by atoms with Crippen LogP contribution < -0.4 is 5.73 Å². The number of aliphatic carboxylic acids is 1. The van der Waals surface area contributed by atoms with Gasteiger partial charge < -0.3 is 15.7 Å². The van der Waals surface area contributed by atoms with Gasteiger partial charge in [-0.05, 0) is 25.2 Å².